The number of nitrogens with zero attached hydrogens (tertiary/aromatic N) is 4. The van der Waals surface area contributed by atoms with E-state index in [-0.39, 0.29) is 0 Å². The van der Waals surface area contributed by atoms with E-state index in [1.165, 1.54) is 0 Å². The van der Waals surface area contributed by atoms with Crippen molar-refractivity contribution in [3.8, 4) is 17.5 Å². The van der Waals surface area contributed by atoms with Crippen LogP contribution in [-0.4, -0.2) is 14.8 Å². The average Bonchev–Trinajstić information content (AvgIpc) is 3.04. The molecule has 0 spiro atoms. The third kappa shape index (κ3) is 3.93. The fourth-order valence-corrected chi connectivity index (χ4v) is 3.48. The molecule has 0 bridgehead atoms. The van der Waals surface area contributed by atoms with Crippen molar-refractivity contribution in [2.24, 2.45) is 0 Å². The molecule has 0 aliphatic rings. The van der Waals surface area contributed by atoms with Crippen LogP contribution in [0.15, 0.2) is 66.3 Å². The number of nitriles is 1. The molecule has 0 aliphatic carbocycles. The van der Waals surface area contributed by atoms with Crippen molar-refractivity contribution in [1.29, 1.82) is 5.26 Å². The van der Waals surface area contributed by atoms with Gasteiger partial charge in [0, 0.05) is 22.9 Å². The first kappa shape index (κ1) is 17.3. The van der Waals surface area contributed by atoms with Gasteiger partial charge in [-0.3, -0.25) is 4.57 Å². The van der Waals surface area contributed by atoms with Gasteiger partial charge in [0.05, 0.1) is 11.6 Å². The van der Waals surface area contributed by atoms with Gasteiger partial charge in [0.1, 0.15) is 0 Å². The van der Waals surface area contributed by atoms with E-state index >= 15 is 0 Å². The quantitative estimate of drug-likeness (QED) is 0.457. The molecule has 0 radical (unpaired) electrons. The van der Waals surface area contributed by atoms with Crippen molar-refractivity contribution in [1.82, 2.24) is 14.8 Å². The van der Waals surface area contributed by atoms with Crippen LogP contribution in [-0.2, 0) is 12.3 Å². The molecule has 3 aromatic rings. The Labute approximate surface area is 155 Å². The predicted octanol–water partition coefficient (Wildman–Crippen LogP) is 4.95. The summed E-state index contributed by atoms with van der Waals surface area (Å²) in [5, 5.41) is 19.3. The van der Waals surface area contributed by atoms with Crippen LogP contribution in [0.5, 0.6) is 0 Å². The number of halogens is 1. The predicted molar refractivity (Wildman–Crippen MR) is 101 cm³/mol. The van der Waals surface area contributed by atoms with Gasteiger partial charge in [0.15, 0.2) is 11.0 Å². The molecule has 1 heterocycles. The number of aromatic nitrogens is 3. The van der Waals surface area contributed by atoms with Crippen LogP contribution < -0.4 is 0 Å². The van der Waals surface area contributed by atoms with Crippen LogP contribution >= 0.6 is 23.4 Å². The van der Waals surface area contributed by atoms with Gasteiger partial charge in [-0.1, -0.05) is 47.6 Å². The molecule has 0 N–H and O–H groups in total. The summed E-state index contributed by atoms with van der Waals surface area (Å²) >= 11 is 7.51. The summed E-state index contributed by atoms with van der Waals surface area (Å²) in [6, 6.07) is 17.3. The zero-order chi connectivity index (χ0) is 17.6. The zero-order valence-corrected chi connectivity index (χ0v) is 15.0. The molecular formula is C19H15ClN4S. The van der Waals surface area contributed by atoms with E-state index in [9.17, 15) is 5.26 Å². The van der Waals surface area contributed by atoms with Crippen LogP contribution in [0, 0.1) is 11.3 Å². The van der Waals surface area contributed by atoms with Crippen LogP contribution in [0.2, 0.25) is 5.02 Å². The van der Waals surface area contributed by atoms with Gasteiger partial charge in [0.2, 0.25) is 0 Å². The van der Waals surface area contributed by atoms with Gasteiger partial charge in [-0.2, -0.15) is 5.26 Å². The Morgan fingerprint density at radius 2 is 1.92 bits per heavy atom. The summed E-state index contributed by atoms with van der Waals surface area (Å²) in [7, 11) is 0. The smallest absolute Gasteiger partial charge is 0.192 e. The lowest BCUT2D eigenvalue weighted by Crippen LogP contribution is -2.01. The van der Waals surface area contributed by atoms with Crippen molar-refractivity contribution < 1.29 is 0 Å². The Kier molecular flexibility index (Phi) is 5.54. The summed E-state index contributed by atoms with van der Waals surface area (Å²) in [4.78, 5) is 0. The fraction of sp³-hybridized carbons (Fsp3) is 0.105. The SMILES string of the molecule is C=CCn1c(SCc2ccccc2C#N)nnc1-c1ccc(Cl)cc1. The number of rotatable bonds is 6. The van der Waals surface area contributed by atoms with Gasteiger partial charge >= 0.3 is 0 Å². The zero-order valence-electron chi connectivity index (χ0n) is 13.4. The summed E-state index contributed by atoms with van der Waals surface area (Å²) in [6.45, 7) is 4.43. The van der Waals surface area contributed by atoms with Gasteiger partial charge in [0.25, 0.3) is 0 Å². The first-order chi connectivity index (χ1) is 12.2. The Hall–Kier alpha value is -2.55. The Balaban J connectivity index is 1.88. The number of allylic oxidation sites excluding steroid dienone is 1. The third-order valence-corrected chi connectivity index (χ3v) is 4.89. The van der Waals surface area contributed by atoms with Gasteiger partial charge in [-0.15, -0.1) is 16.8 Å². The molecule has 124 valence electrons. The minimum absolute atomic E-state index is 0.604. The largest absolute Gasteiger partial charge is 0.298 e. The van der Waals surface area contributed by atoms with E-state index in [2.05, 4.69) is 22.8 Å². The molecule has 3 rings (SSSR count). The van der Waals surface area contributed by atoms with Crippen molar-refractivity contribution in [2.75, 3.05) is 0 Å². The topological polar surface area (TPSA) is 54.5 Å². The fourth-order valence-electron chi connectivity index (χ4n) is 2.40. The van der Waals surface area contributed by atoms with Crippen LogP contribution in [0.4, 0.5) is 0 Å². The summed E-state index contributed by atoms with van der Waals surface area (Å²) < 4.78 is 2.01. The summed E-state index contributed by atoms with van der Waals surface area (Å²) in [5.41, 5.74) is 2.61. The Bertz CT molecular complexity index is 925. The Morgan fingerprint density at radius 3 is 2.64 bits per heavy atom. The summed E-state index contributed by atoms with van der Waals surface area (Å²) in [5.74, 6) is 1.42. The second kappa shape index (κ2) is 8.02. The maximum Gasteiger partial charge on any atom is 0.192 e. The highest BCUT2D eigenvalue weighted by molar-refractivity contribution is 7.98. The van der Waals surface area contributed by atoms with E-state index in [0.717, 1.165) is 22.1 Å². The van der Waals surface area contributed by atoms with Crippen LogP contribution in [0.1, 0.15) is 11.1 Å². The molecule has 0 fully saturated rings. The third-order valence-electron chi connectivity index (χ3n) is 3.63. The number of hydrogen-bond donors (Lipinski definition) is 0. The monoisotopic (exact) mass is 366 g/mol. The van der Waals surface area contributed by atoms with Crippen molar-refractivity contribution in [3.63, 3.8) is 0 Å². The second-order valence-electron chi connectivity index (χ2n) is 5.27. The molecule has 0 unspecified atom stereocenters. The molecule has 0 amide bonds. The number of thioether (sulfide) groups is 1. The highest BCUT2D eigenvalue weighted by atomic mass is 35.5. The normalized spacial score (nSPS) is 10.4. The first-order valence-electron chi connectivity index (χ1n) is 7.63. The highest BCUT2D eigenvalue weighted by Gasteiger charge is 2.14. The average molecular weight is 367 g/mol. The van der Waals surface area contributed by atoms with E-state index in [1.807, 2.05) is 59.2 Å². The van der Waals surface area contributed by atoms with E-state index < -0.39 is 0 Å². The lowest BCUT2D eigenvalue weighted by atomic mass is 10.1. The van der Waals surface area contributed by atoms with E-state index in [1.54, 1.807) is 11.8 Å². The summed E-state index contributed by atoms with van der Waals surface area (Å²) in [6.07, 6.45) is 1.82. The second-order valence-corrected chi connectivity index (χ2v) is 6.65. The first-order valence-corrected chi connectivity index (χ1v) is 9.00. The molecule has 0 saturated heterocycles. The molecule has 0 atom stereocenters. The minimum atomic E-state index is 0.604. The van der Waals surface area contributed by atoms with E-state index in [0.29, 0.717) is 22.9 Å². The van der Waals surface area contributed by atoms with Gasteiger partial charge < -0.3 is 0 Å². The maximum atomic E-state index is 9.21. The molecule has 4 nitrogen and oxygen atoms in total. The van der Waals surface area contributed by atoms with E-state index in [4.69, 9.17) is 11.6 Å². The number of hydrogen-bond acceptors (Lipinski definition) is 4. The standard InChI is InChI=1S/C19H15ClN4S/c1-2-11-24-18(14-7-9-17(20)10-8-14)22-23-19(24)25-13-16-6-4-3-5-15(16)12-21/h2-10H,1,11,13H2. The van der Waals surface area contributed by atoms with Gasteiger partial charge in [-0.05, 0) is 35.9 Å². The maximum absolute atomic E-state index is 9.21. The van der Waals surface area contributed by atoms with Crippen molar-refractivity contribution in [2.45, 2.75) is 17.5 Å². The van der Waals surface area contributed by atoms with Gasteiger partial charge in [-0.25, -0.2) is 0 Å². The molecule has 2 aromatic carbocycles. The van der Waals surface area contributed by atoms with Crippen molar-refractivity contribution in [3.05, 3.63) is 77.3 Å². The molecule has 6 heteroatoms. The minimum Gasteiger partial charge on any atom is -0.298 e. The lowest BCUT2D eigenvalue weighted by molar-refractivity contribution is 0.731. The molecular weight excluding hydrogens is 352 g/mol. The Morgan fingerprint density at radius 1 is 1.16 bits per heavy atom. The molecule has 0 aliphatic heterocycles. The number of benzene rings is 2. The molecule has 25 heavy (non-hydrogen) atoms. The van der Waals surface area contributed by atoms with Crippen molar-refractivity contribution >= 4 is 23.4 Å². The van der Waals surface area contributed by atoms with Crippen LogP contribution in [0.25, 0.3) is 11.4 Å². The highest BCUT2D eigenvalue weighted by Crippen LogP contribution is 2.28. The van der Waals surface area contributed by atoms with Crippen LogP contribution in [0.3, 0.4) is 0 Å². The lowest BCUT2D eigenvalue weighted by Gasteiger charge is -2.08. The molecule has 1 aromatic heterocycles. The molecule has 0 saturated carbocycles.